The van der Waals surface area contributed by atoms with Gasteiger partial charge in [0.05, 0.1) is 4.88 Å². The van der Waals surface area contributed by atoms with Crippen LogP contribution in [0.3, 0.4) is 0 Å². The second kappa shape index (κ2) is 6.76. The highest BCUT2D eigenvalue weighted by atomic mass is 35.7. The van der Waals surface area contributed by atoms with Gasteiger partial charge in [-0.1, -0.05) is 41.5 Å². The van der Waals surface area contributed by atoms with Gasteiger partial charge >= 0.3 is 0 Å². The maximum atomic E-state index is 8.49. The second-order valence-corrected chi connectivity index (χ2v) is 9.35. The summed E-state index contributed by atoms with van der Waals surface area (Å²) in [4.78, 5) is 1.57. The lowest BCUT2D eigenvalue weighted by Gasteiger charge is -2.21. The standard InChI is InChI=1S/C12H21S2.ClHO4/c1-11(2,3)7-9-8-13-14-10(9)12(4,5)6;2-1(3,4)5/h8H,7H2,1-6H3;(H,2,3,4,5)/q+1;/p-1. The molecule has 0 N–H and O–H groups in total. The lowest BCUT2D eigenvalue weighted by molar-refractivity contribution is -2.00. The van der Waals surface area contributed by atoms with Crippen molar-refractivity contribution >= 4 is 20.7 Å². The van der Waals surface area contributed by atoms with E-state index in [2.05, 4.69) is 46.9 Å². The van der Waals surface area contributed by atoms with Crippen LogP contribution in [-0.2, 0) is 11.8 Å². The maximum Gasteiger partial charge on any atom is 0.292 e. The molecule has 0 fully saturated rings. The largest absolute Gasteiger partial charge is 0.292 e. The fourth-order valence-corrected chi connectivity index (χ4v) is 4.41. The molecule has 1 aromatic rings. The summed E-state index contributed by atoms with van der Waals surface area (Å²) < 4.78 is 34.0. The van der Waals surface area contributed by atoms with Crippen LogP contribution in [-0.4, -0.2) is 0 Å². The van der Waals surface area contributed by atoms with Gasteiger partial charge < -0.3 is 0 Å². The van der Waals surface area contributed by atoms with Crippen molar-refractivity contribution in [3.63, 3.8) is 0 Å². The Morgan fingerprint density at radius 3 is 1.79 bits per heavy atom. The fourth-order valence-electron chi connectivity index (χ4n) is 1.54. The smallest absolute Gasteiger partial charge is 0.222 e. The molecular weight excluding hydrogens is 308 g/mol. The van der Waals surface area contributed by atoms with Crippen molar-refractivity contribution in [1.82, 2.24) is 0 Å². The summed E-state index contributed by atoms with van der Waals surface area (Å²) >= 11 is 0. The van der Waals surface area contributed by atoms with Crippen molar-refractivity contribution in [2.75, 3.05) is 0 Å². The zero-order valence-corrected chi connectivity index (χ0v) is 14.5. The van der Waals surface area contributed by atoms with Gasteiger partial charge in [0, 0.05) is 11.0 Å². The van der Waals surface area contributed by atoms with Crippen LogP contribution in [0.4, 0.5) is 0 Å². The Morgan fingerprint density at radius 2 is 1.47 bits per heavy atom. The molecule has 0 unspecified atom stereocenters. The monoisotopic (exact) mass is 328 g/mol. The van der Waals surface area contributed by atoms with Gasteiger partial charge in [0.2, 0.25) is 5.38 Å². The molecule has 0 saturated heterocycles. The molecule has 0 saturated carbocycles. The summed E-state index contributed by atoms with van der Waals surface area (Å²) in [6, 6.07) is 0. The first-order valence-electron chi connectivity index (χ1n) is 5.72. The summed E-state index contributed by atoms with van der Waals surface area (Å²) in [5.74, 6) is 0. The Morgan fingerprint density at radius 1 is 1.05 bits per heavy atom. The molecule has 19 heavy (non-hydrogen) atoms. The molecule has 0 aromatic carbocycles. The van der Waals surface area contributed by atoms with E-state index in [1.165, 1.54) is 6.42 Å². The SMILES string of the molecule is CC(C)(C)Cc1c[s+]sc1C(C)(C)C.[O-][Cl+3]([O-])([O-])[O-]. The van der Waals surface area contributed by atoms with Gasteiger partial charge in [-0.25, -0.2) is 18.6 Å². The van der Waals surface area contributed by atoms with Gasteiger partial charge in [0.15, 0.2) is 10.3 Å². The van der Waals surface area contributed by atoms with E-state index in [1.54, 1.807) is 10.4 Å². The molecule has 0 atom stereocenters. The summed E-state index contributed by atoms with van der Waals surface area (Å²) in [6.45, 7) is 13.8. The number of halogens is 1. The molecule has 1 rings (SSSR count). The highest BCUT2D eigenvalue weighted by Gasteiger charge is 2.27. The van der Waals surface area contributed by atoms with E-state index >= 15 is 0 Å². The fraction of sp³-hybridized carbons (Fsp3) is 0.750. The number of rotatable bonds is 1. The molecule has 4 nitrogen and oxygen atoms in total. The highest BCUT2D eigenvalue weighted by molar-refractivity contribution is 7.68. The maximum absolute atomic E-state index is 8.49. The topological polar surface area (TPSA) is 92.2 Å². The molecule has 0 bridgehead atoms. The Bertz CT molecular complexity index is 380. The van der Waals surface area contributed by atoms with E-state index in [4.69, 9.17) is 18.6 Å². The number of hydrogen-bond donors (Lipinski definition) is 0. The van der Waals surface area contributed by atoms with Crippen molar-refractivity contribution in [2.45, 2.75) is 53.4 Å². The normalized spacial score (nSPS) is 12.9. The summed E-state index contributed by atoms with van der Waals surface area (Å²) in [5, 5.41) is 2.33. The van der Waals surface area contributed by atoms with Crippen LogP contribution in [0.15, 0.2) is 5.38 Å². The van der Waals surface area contributed by atoms with E-state index in [9.17, 15) is 0 Å². The van der Waals surface area contributed by atoms with Crippen molar-refractivity contribution in [3.05, 3.63) is 15.8 Å². The molecule has 0 radical (unpaired) electrons. The van der Waals surface area contributed by atoms with Crippen LogP contribution in [0.5, 0.6) is 0 Å². The van der Waals surface area contributed by atoms with Crippen LogP contribution in [0.1, 0.15) is 52.0 Å². The number of hydrogen-bond acceptors (Lipinski definition) is 5. The molecule has 112 valence electrons. The lowest BCUT2D eigenvalue weighted by atomic mass is 9.84. The molecule has 0 spiro atoms. The van der Waals surface area contributed by atoms with Gasteiger partial charge in [-0.2, -0.15) is 0 Å². The van der Waals surface area contributed by atoms with Crippen molar-refractivity contribution in [3.8, 4) is 0 Å². The van der Waals surface area contributed by atoms with Crippen molar-refractivity contribution in [2.24, 2.45) is 5.41 Å². The van der Waals surface area contributed by atoms with Gasteiger partial charge in [-0.05, 0) is 11.8 Å². The molecule has 0 aliphatic carbocycles. The van der Waals surface area contributed by atoms with E-state index in [0.717, 1.165) is 0 Å². The lowest BCUT2D eigenvalue weighted by Crippen LogP contribution is -2.68. The third-order valence-corrected chi connectivity index (χ3v) is 4.61. The van der Waals surface area contributed by atoms with Crippen LogP contribution >= 0.6 is 20.7 Å². The van der Waals surface area contributed by atoms with Gasteiger partial charge in [0.1, 0.15) is 0 Å². The molecule has 0 amide bonds. The Kier molecular flexibility index (Phi) is 6.82. The third kappa shape index (κ3) is 10.6. The first kappa shape index (κ1) is 19.2. The highest BCUT2D eigenvalue weighted by Crippen LogP contribution is 2.36. The minimum atomic E-state index is -4.94. The quantitative estimate of drug-likeness (QED) is 0.544. The zero-order valence-electron chi connectivity index (χ0n) is 12.1. The van der Waals surface area contributed by atoms with Gasteiger partial charge in [0.25, 0.3) is 10.3 Å². The summed E-state index contributed by atoms with van der Waals surface area (Å²) in [5.41, 5.74) is 2.26. The summed E-state index contributed by atoms with van der Waals surface area (Å²) in [6.07, 6.45) is 1.19. The predicted octanol–water partition coefficient (Wildman–Crippen LogP) is 0.221. The molecule has 0 aliphatic heterocycles. The first-order chi connectivity index (χ1) is 8.20. The molecule has 0 aliphatic rings. The van der Waals surface area contributed by atoms with Gasteiger partial charge in [-0.15, -0.1) is 10.2 Å². The van der Waals surface area contributed by atoms with E-state index in [1.807, 2.05) is 20.7 Å². The van der Waals surface area contributed by atoms with Crippen LogP contribution < -0.4 is 18.6 Å². The molecule has 1 heterocycles. The molecular formula is C12H21ClO4S2. The van der Waals surface area contributed by atoms with Crippen LogP contribution in [0.2, 0.25) is 0 Å². The van der Waals surface area contributed by atoms with Crippen molar-refractivity contribution in [1.29, 1.82) is 0 Å². The predicted molar refractivity (Wildman–Crippen MR) is 68.5 cm³/mol. The third-order valence-electron chi connectivity index (χ3n) is 2.02. The van der Waals surface area contributed by atoms with Gasteiger partial charge in [-0.3, -0.25) is 0 Å². The minimum absolute atomic E-state index is 0.311. The average molecular weight is 329 g/mol. The minimum Gasteiger partial charge on any atom is -0.222 e. The van der Waals surface area contributed by atoms with Crippen molar-refractivity contribution < 1.29 is 28.9 Å². The first-order valence-corrected chi connectivity index (χ1v) is 9.17. The summed E-state index contributed by atoms with van der Waals surface area (Å²) in [7, 11) is -1.13. The Hall–Kier alpha value is 0.180. The van der Waals surface area contributed by atoms with E-state index < -0.39 is 10.2 Å². The van der Waals surface area contributed by atoms with Crippen LogP contribution in [0, 0.1) is 15.7 Å². The Balaban J connectivity index is 0.000000555. The molecule has 7 heteroatoms. The molecule has 1 aromatic heterocycles. The van der Waals surface area contributed by atoms with E-state index in [0.29, 0.717) is 10.8 Å². The second-order valence-electron chi connectivity index (χ2n) is 6.52. The van der Waals surface area contributed by atoms with Crippen LogP contribution in [0.25, 0.3) is 0 Å². The van der Waals surface area contributed by atoms with E-state index in [-0.39, 0.29) is 0 Å². The zero-order chi connectivity index (χ0) is 15.5. The average Bonchev–Trinajstić information content (AvgIpc) is 2.43. The Labute approximate surface area is 124 Å².